The quantitative estimate of drug-likeness (QED) is 0.889. The Morgan fingerprint density at radius 2 is 2.00 bits per heavy atom. The van der Waals surface area contributed by atoms with Gasteiger partial charge in [0.25, 0.3) is 0 Å². The summed E-state index contributed by atoms with van der Waals surface area (Å²) in [4.78, 5) is 8.91. The largest absolute Gasteiger partial charge is 0.393 e. The molecule has 0 aliphatic heterocycles. The summed E-state index contributed by atoms with van der Waals surface area (Å²) in [6, 6.07) is 12.2. The molecule has 0 unspecified atom stereocenters. The first kappa shape index (κ1) is 14.7. The molecule has 1 heterocycles. The number of benzene rings is 1. The summed E-state index contributed by atoms with van der Waals surface area (Å²) in [5.41, 5.74) is 2.22. The molecular formula is C18H21N3O. The van der Waals surface area contributed by atoms with Crippen LogP contribution >= 0.6 is 0 Å². The number of aliphatic hydroxyl groups excluding tert-OH is 1. The second kappa shape index (κ2) is 6.71. The average molecular weight is 295 g/mol. The number of rotatable bonds is 5. The highest BCUT2D eigenvalue weighted by molar-refractivity contribution is 5.50. The molecule has 0 bridgehead atoms. The minimum absolute atomic E-state index is 0.162. The lowest BCUT2D eigenvalue weighted by molar-refractivity contribution is 0.0731. The summed E-state index contributed by atoms with van der Waals surface area (Å²) in [5.74, 6) is 1.99. The Balaban J connectivity index is 1.59. The van der Waals surface area contributed by atoms with Crippen LogP contribution in [0.5, 0.6) is 0 Å². The van der Waals surface area contributed by atoms with Gasteiger partial charge >= 0.3 is 0 Å². The number of aryl methyl sites for hydroxylation is 1. The molecule has 1 aromatic carbocycles. The van der Waals surface area contributed by atoms with E-state index in [-0.39, 0.29) is 6.10 Å². The fourth-order valence-corrected chi connectivity index (χ4v) is 2.64. The number of nitrogens with zero attached hydrogens (tertiary/aromatic N) is 2. The first-order chi connectivity index (χ1) is 10.7. The highest BCUT2D eigenvalue weighted by atomic mass is 16.3. The van der Waals surface area contributed by atoms with Gasteiger partial charge in [-0.2, -0.15) is 0 Å². The van der Waals surface area contributed by atoms with E-state index in [1.165, 1.54) is 5.56 Å². The molecule has 0 saturated heterocycles. The second-order valence-corrected chi connectivity index (χ2v) is 5.74. The summed E-state index contributed by atoms with van der Waals surface area (Å²) >= 11 is 0. The van der Waals surface area contributed by atoms with Crippen molar-refractivity contribution in [3.8, 4) is 0 Å². The minimum atomic E-state index is -0.162. The number of aromatic nitrogens is 2. The number of aliphatic hydroxyl groups is 1. The van der Waals surface area contributed by atoms with Crippen LogP contribution in [0.2, 0.25) is 0 Å². The molecule has 1 aliphatic carbocycles. The number of hydrogen-bond acceptors (Lipinski definition) is 4. The van der Waals surface area contributed by atoms with E-state index < -0.39 is 0 Å². The van der Waals surface area contributed by atoms with Gasteiger partial charge in [0.1, 0.15) is 11.6 Å². The maximum absolute atomic E-state index is 9.43. The van der Waals surface area contributed by atoms with E-state index in [1.54, 1.807) is 0 Å². The lowest BCUT2D eigenvalue weighted by atomic mass is 9.80. The lowest BCUT2D eigenvalue weighted by Gasteiger charge is -2.31. The molecular weight excluding hydrogens is 274 g/mol. The minimum Gasteiger partial charge on any atom is -0.393 e. The molecule has 1 aromatic heterocycles. The number of nitrogens with one attached hydrogen (secondary N) is 1. The molecule has 0 atom stereocenters. The molecule has 2 N–H and O–H groups in total. The highest BCUT2D eigenvalue weighted by Crippen LogP contribution is 2.36. The van der Waals surface area contributed by atoms with Crippen molar-refractivity contribution in [1.29, 1.82) is 0 Å². The molecule has 3 rings (SSSR count). The van der Waals surface area contributed by atoms with Crippen LogP contribution in [0, 0.1) is 6.92 Å². The topological polar surface area (TPSA) is 58.0 Å². The number of anilines is 1. The van der Waals surface area contributed by atoms with Crippen molar-refractivity contribution in [2.45, 2.75) is 31.8 Å². The zero-order valence-corrected chi connectivity index (χ0v) is 12.7. The molecule has 1 aliphatic rings. The van der Waals surface area contributed by atoms with Gasteiger partial charge in [0, 0.05) is 24.2 Å². The summed E-state index contributed by atoms with van der Waals surface area (Å²) in [6.45, 7) is 2.63. The van der Waals surface area contributed by atoms with Gasteiger partial charge in [-0.15, -0.1) is 0 Å². The molecule has 0 radical (unpaired) electrons. The second-order valence-electron chi connectivity index (χ2n) is 5.74. The molecule has 22 heavy (non-hydrogen) atoms. The van der Waals surface area contributed by atoms with E-state index in [2.05, 4.69) is 39.6 Å². The van der Waals surface area contributed by atoms with Crippen LogP contribution in [-0.2, 0) is 0 Å². The van der Waals surface area contributed by atoms with E-state index in [4.69, 9.17) is 0 Å². The predicted octanol–water partition coefficient (Wildman–Crippen LogP) is 3.15. The van der Waals surface area contributed by atoms with Crippen molar-refractivity contribution in [1.82, 2.24) is 9.97 Å². The van der Waals surface area contributed by atoms with Gasteiger partial charge < -0.3 is 10.4 Å². The van der Waals surface area contributed by atoms with Gasteiger partial charge in [0.15, 0.2) is 0 Å². The normalized spacial score (nSPS) is 20.8. The van der Waals surface area contributed by atoms with Gasteiger partial charge in [-0.05, 0) is 25.3 Å². The van der Waals surface area contributed by atoms with Crippen LogP contribution in [-0.4, -0.2) is 27.7 Å². The van der Waals surface area contributed by atoms with Crippen molar-refractivity contribution in [3.05, 3.63) is 59.6 Å². The fraction of sp³-hybridized carbons (Fsp3) is 0.333. The van der Waals surface area contributed by atoms with Crippen LogP contribution in [0.15, 0.2) is 42.5 Å². The molecule has 0 amide bonds. The standard InChI is InChI=1S/C18H21N3O/c1-13-20-17(15-10-16(22)11-15)12-18(21-13)19-9-5-8-14-6-3-2-4-7-14/h2-8,12,15-16,22H,9-11H2,1H3,(H,19,20,21). The maximum Gasteiger partial charge on any atom is 0.130 e. The maximum atomic E-state index is 9.43. The zero-order chi connectivity index (χ0) is 15.4. The molecule has 4 heteroatoms. The molecule has 4 nitrogen and oxygen atoms in total. The van der Waals surface area contributed by atoms with E-state index in [1.807, 2.05) is 31.2 Å². The van der Waals surface area contributed by atoms with Crippen LogP contribution in [0.3, 0.4) is 0 Å². The lowest BCUT2D eigenvalue weighted by Crippen LogP contribution is -2.27. The average Bonchev–Trinajstić information content (AvgIpc) is 2.49. The van der Waals surface area contributed by atoms with Crippen LogP contribution < -0.4 is 5.32 Å². The Labute approximate surface area is 130 Å². The smallest absolute Gasteiger partial charge is 0.130 e. The van der Waals surface area contributed by atoms with Gasteiger partial charge in [-0.3, -0.25) is 0 Å². The third-order valence-electron chi connectivity index (χ3n) is 3.90. The summed E-state index contributed by atoms with van der Waals surface area (Å²) in [5, 5.41) is 12.7. The summed E-state index contributed by atoms with van der Waals surface area (Å²) in [6.07, 6.45) is 5.63. The van der Waals surface area contributed by atoms with Crippen molar-refractivity contribution >= 4 is 11.9 Å². The Kier molecular flexibility index (Phi) is 4.49. The van der Waals surface area contributed by atoms with E-state index in [0.717, 1.165) is 36.7 Å². The van der Waals surface area contributed by atoms with Crippen LogP contribution in [0.1, 0.15) is 35.8 Å². The van der Waals surface area contributed by atoms with Crippen molar-refractivity contribution < 1.29 is 5.11 Å². The Morgan fingerprint density at radius 1 is 1.23 bits per heavy atom. The van der Waals surface area contributed by atoms with E-state index in [0.29, 0.717) is 5.92 Å². The summed E-state index contributed by atoms with van der Waals surface area (Å²) < 4.78 is 0. The molecule has 0 spiro atoms. The van der Waals surface area contributed by atoms with E-state index >= 15 is 0 Å². The third kappa shape index (κ3) is 3.71. The molecule has 2 aromatic rings. The fourth-order valence-electron chi connectivity index (χ4n) is 2.64. The van der Waals surface area contributed by atoms with Crippen molar-refractivity contribution in [2.24, 2.45) is 0 Å². The first-order valence-electron chi connectivity index (χ1n) is 7.70. The molecule has 1 fully saturated rings. The SMILES string of the molecule is Cc1nc(NCC=Cc2ccccc2)cc(C2CC(O)C2)n1. The molecule has 1 saturated carbocycles. The zero-order valence-electron chi connectivity index (χ0n) is 12.7. The van der Waals surface area contributed by atoms with Gasteiger partial charge in [0.2, 0.25) is 0 Å². The van der Waals surface area contributed by atoms with Crippen LogP contribution in [0.25, 0.3) is 6.08 Å². The van der Waals surface area contributed by atoms with Gasteiger partial charge in [0.05, 0.1) is 6.10 Å². The predicted molar refractivity (Wildman–Crippen MR) is 88.7 cm³/mol. The Morgan fingerprint density at radius 3 is 2.73 bits per heavy atom. The monoisotopic (exact) mass is 295 g/mol. The number of hydrogen-bond donors (Lipinski definition) is 2. The van der Waals surface area contributed by atoms with Crippen LogP contribution in [0.4, 0.5) is 5.82 Å². The van der Waals surface area contributed by atoms with Gasteiger partial charge in [-0.1, -0.05) is 42.5 Å². The Hall–Kier alpha value is -2.20. The third-order valence-corrected chi connectivity index (χ3v) is 3.90. The van der Waals surface area contributed by atoms with Gasteiger partial charge in [-0.25, -0.2) is 9.97 Å². The first-order valence-corrected chi connectivity index (χ1v) is 7.70. The summed E-state index contributed by atoms with van der Waals surface area (Å²) in [7, 11) is 0. The van der Waals surface area contributed by atoms with Crippen molar-refractivity contribution in [2.75, 3.05) is 11.9 Å². The van der Waals surface area contributed by atoms with Crippen molar-refractivity contribution in [3.63, 3.8) is 0 Å². The Bertz CT molecular complexity index is 649. The molecule has 114 valence electrons. The van der Waals surface area contributed by atoms with E-state index in [9.17, 15) is 5.11 Å². The highest BCUT2D eigenvalue weighted by Gasteiger charge is 2.30.